The molecule has 106 valence electrons. The SMILES string of the molecule is CCCc1nc(C(=O)Nc2cc(F)c(F)c(F)c2)n[nH]1. The van der Waals surface area contributed by atoms with Gasteiger partial charge in [0, 0.05) is 24.2 Å². The van der Waals surface area contributed by atoms with Gasteiger partial charge in [0.25, 0.3) is 5.91 Å². The first kappa shape index (κ1) is 14.0. The summed E-state index contributed by atoms with van der Waals surface area (Å²) in [6.07, 6.45) is 1.45. The molecule has 0 radical (unpaired) electrons. The predicted molar refractivity (Wildman–Crippen MR) is 64.6 cm³/mol. The van der Waals surface area contributed by atoms with Crippen LogP contribution in [0, 0.1) is 17.5 Å². The number of benzene rings is 1. The molecule has 2 aromatic rings. The number of H-pyrrole nitrogens is 1. The molecular formula is C12H11F3N4O. The predicted octanol–water partition coefficient (Wildman–Crippen LogP) is 2.43. The van der Waals surface area contributed by atoms with E-state index < -0.39 is 23.4 Å². The molecule has 5 nitrogen and oxygen atoms in total. The molecule has 1 amide bonds. The first-order chi connectivity index (χ1) is 9.51. The monoisotopic (exact) mass is 284 g/mol. The number of nitrogens with one attached hydrogen (secondary N) is 2. The van der Waals surface area contributed by atoms with Crippen LogP contribution in [0.25, 0.3) is 0 Å². The third kappa shape index (κ3) is 2.95. The van der Waals surface area contributed by atoms with E-state index in [4.69, 9.17) is 0 Å². The number of aryl methyl sites for hydroxylation is 1. The maximum atomic E-state index is 13.0. The van der Waals surface area contributed by atoms with E-state index >= 15 is 0 Å². The van der Waals surface area contributed by atoms with Gasteiger partial charge in [-0.15, -0.1) is 5.10 Å². The fourth-order valence-electron chi connectivity index (χ4n) is 1.56. The minimum atomic E-state index is -1.59. The fourth-order valence-corrected chi connectivity index (χ4v) is 1.56. The Morgan fingerprint density at radius 1 is 1.30 bits per heavy atom. The van der Waals surface area contributed by atoms with E-state index in [9.17, 15) is 18.0 Å². The van der Waals surface area contributed by atoms with Crippen LogP contribution in [0.1, 0.15) is 29.8 Å². The van der Waals surface area contributed by atoms with Gasteiger partial charge in [0.05, 0.1) is 0 Å². The Morgan fingerprint density at radius 3 is 2.55 bits per heavy atom. The van der Waals surface area contributed by atoms with Crippen LogP contribution in [-0.4, -0.2) is 21.1 Å². The van der Waals surface area contributed by atoms with Gasteiger partial charge in [0.1, 0.15) is 5.82 Å². The first-order valence-electron chi connectivity index (χ1n) is 5.88. The van der Waals surface area contributed by atoms with Crippen molar-refractivity contribution in [3.05, 3.63) is 41.2 Å². The molecule has 0 fully saturated rings. The number of hydrogen-bond donors (Lipinski definition) is 2. The average Bonchev–Trinajstić information content (AvgIpc) is 2.85. The van der Waals surface area contributed by atoms with Crippen LogP contribution in [0.4, 0.5) is 18.9 Å². The number of aromatic amines is 1. The quantitative estimate of drug-likeness (QED) is 0.847. The molecule has 0 saturated carbocycles. The second-order valence-electron chi connectivity index (χ2n) is 4.06. The van der Waals surface area contributed by atoms with E-state index in [1.807, 2.05) is 6.92 Å². The maximum Gasteiger partial charge on any atom is 0.295 e. The molecular weight excluding hydrogens is 273 g/mol. The van der Waals surface area contributed by atoms with Gasteiger partial charge in [-0.05, 0) is 6.42 Å². The number of hydrogen-bond acceptors (Lipinski definition) is 3. The van der Waals surface area contributed by atoms with Gasteiger partial charge < -0.3 is 5.32 Å². The van der Waals surface area contributed by atoms with Gasteiger partial charge in [0.15, 0.2) is 17.5 Å². The van der Waals surface area contributed by atoms with Crippen molar-refractivity contribution in [2.24, 2.45) is 0 Å². The van der Waals surface area contributed by atoms with E-state index in [0.29, 0.717) is 24.4 Å². The van der Waals surface area contributed by atoms with Crippen molar-refractivity contribution >= 4 is 11.6 Å². The van der Waals surface area contributed by atoms with Gasteiger partial charge in [-0.3, -0.25) is 9.89 Å². The summed E-state index contributed by atoms with van der Waals surface area (Å²) in [6, 6.07) is 1.35. The minimum absolute atomic E-state index is 0.154. The number of amides is 1. The van der Waals surface area contributed by atoms with E-state index in [2.05, 4.69) is 20.5 Å². The van der Waals surface area contributed by atoms with Crippen LogP contribution < -0.4 is 5.32 Å². The summed E-state index contributed by atoms with van der Waals surface area (Å²) in [5, 5.41) is 8.45. The van der Waals surface area contributed by atoms with Crippen molar-refractivity contribution in [1.82, 2.24) is 15.2 Å². The third-order valence-electron chi connectivity index (χ3n) is 2.46. The van der Waals surface area contributed by atoms with Crippen LogP contribution in [0.3, 0.4) is 0 Å². The number of aromatic nitrogens is 3. The molecule has 2 rings (SSSR count). The summed E-state index contributed by atoms with van der Waals surface area (Å²) in [5.41, 5.74) is -0.215. The Morgan fingerprint density at radius 2 is 1.95 bits per heavy atom. The molecule has 2 N–H and O–H groups in total. The normalized spacial score (nSPS) is 10.6. The molecule has 1 heterocycles. The lowest BCUT2D eigenvalue weighted by atomic mass is 10.3. The highest BCUT2D eigenvalue weighted by molar-refractivity contribution is 6.01. The molecule has 0 aliphatic carbocycles. The van der Waals surface area contributed by atoms with Crippen molar-refractivity contribution in [2.45, 2.75) is 19.8 Å². The van der Waals surface area contributed by atoms with E-state index in [1.165, 1.54) is 0 Å². The molecule has 0 bridgehead atoms. The lowest BCUT2D eigenvalue weighted by Gasteiger charge is -2.03. The van der Waals surface area contributed by atoms with Crippen molar-refractivity contribution < 1.29 is 18.0 Å². The Bertz CT molecular complexity index is 618. The second-order valence-corrected chi connectivity index (χ2v) is 4.06. The smallest absolute Gasteiger partial charge is 0.295 e. The number of halogens is 3. The lowest BCUT2D eigenvalue weighted by molar-refractivity contribution is 0.101. The molecule has 8 heteroatoms. The Hall–Kier alpha value is -2.38. The van der Waals surface area contributed by atoms with Crippen molar-refractivity contribution in [2.75, 3.05) is 5.32 Å². The summed E-state index contributed by atoms with van der Waals surface area (Å²) in [4.78, 5) is 15.7. The van der Waals surface area contributed by atoms with Crippen LogP contribution in [0.15, 0.2) is 12.1 Å². The van der Waals surface area contributed by atoms with E-state index in [0.717, 1.165) is 6.42 Å². The van der Waals surface area contributed by atoms with Crippen LogP contribution in [0.5, 0.6) is 0 Å². The number of carbonyl (C=O) groups excluding carboxylic acids is 1. The van der Waals surface area contributed by atoms with Crippen LogP contribution in [0.2, 0.25) is 0 Å². The Kier molecular flexibility index (Phi) is 4.02. The van der Waals surface area contributed by atoms with E-state index in [1.54, 1.807) is 0 Å². The standard InChI is InChI=1S/C12H11F3N4O/c1-2-3-9-17-11(19-18-9)12(20)16-6-4-7(13)10(15)8(14)5-6/h4-5H,2-3H2,1H3,(H,16,20)(H,17,18,19). The zero-order valence-corrected chi connectivity index (χ0v) is 10.5. The third-order valence-corrected chi connectivity index (χ3v) is 2.46. The summed E-state index contributed by atoms with van der Waals surface area (Å²) in [7, 11) is 0. The molecule has 1 aromatic heterocycles. The van der Waals surface area contributed by atoms with Crippen LogP contribution >= 0.6 is 0 Å². The Balaban J connectivity index is 2.14. The van der Waals surface area contributed by atoms with Crippen LogP contribution in [-0.2, 0) is 6.42 Å². The number of rotatable bonds is 4. The summed E-state index contributed by atoms with van der Waals surface area (Å²) in [5.74, 6) is -4.73. The summed E-state index contributed by atoms with van der Waals surface area (Å²) < 4.78 is 38.8. The highest BCUT2D eigenvalue weighted by Gasteiger charge is 2.15. The molecule has 1 aromatic carbocycles. The van der Waals surface area contributed by atoms with Gasteiger partial charge in [-0.1, -0.05) is 6.92 Å². The Labute approximate surface area is 112 Å². The topological polar surface area (TPSA) is 70.7 Å². The number of anilines is 1. The zero-order valence-electron chi connectivity index (χ0n) is 10.5. The summed E-state index contributed by atoms with van der Waals surface area (Å²) >= 11 is 0. The summed E-state index contributed by atoms with van der Waals surface area (Å²) in [6.45, 7) is 1.94. The maximum absolute atomic E-state index is 13.0. The highest BCUT2D eigenvalue weighted by atomic mass is 19.2. The highest BCUT2D eigenvalue weighted by Crippen LogP contribution is 2.17. The van der Waals surface area contributed by atoms with Gasteiger partial charge in [0.2, 0.25) is 5.82 Å². The van der Waals surface area contributed by atoms with E-state index in [-0.39, 0.29) is 11.5 Å². The number of carbonyl (C=O) groups is 1. The zero-order chi connectivity index (χ0) is 14.7. The second kappa shape index (κ2) is 5.72. The van der Waals surface area contributed by atoms with Crippen molar-refractivity contribution in [3.63, 3.8) is 0 Å². The van der Waals surface area contributed by atoms with Gasteiger partial charge >= 0.3 is 0 Å². The molecule has 0 unspecified atom stereocenters. The fraction of sp³-hybridized carbons (Fsp3) is 0.250. The molecule has 20 heavy (non-hydrogen) atoms. The molecule has 0 atom stereocenters. The largest absolute Gasteiger partial charge is 0.319 e. The molecule has 0 spiro atoms. The minimum Gasteiger partial charge on any atom is -0.319 e. The number of nitrogens with zero attached hydrogens (tertiary/aromatic N) is 2. The van der Waals surface area contributed by atoms with Gasteiger partial charge in [-0.2, -0.15) is 0 Å². The lowest BCUT2D eigenvalue weighted by Crippen LogP contribution is -2.14. The first-order valence-corrected chi connectivity index (χ1v) is 5.88. The average molecular weight is 284 g/mol. The van der Waals surface area contributed by atoms with Crippen molar-refractivity contribution in [3.8, 4) is 0 Å². The molecule has 0 aliphatic rings. The van der Waals surface area contributed by atoms with Crippen molar-refractivity contribution in [1.29, 1.82) is 0 Å². The van der Waals surface area contributed by atoms with Gasteiger partial charge in [-0.25, -0.2) is 18.2 Å². The molecule has 0 aliphatic heterocycles. The molecule has 0 saturated heterocycles.